The minimum absolute atomic E-state index is 0.0603. The van der Waals surface area contributed by atoms with E-state index in [1.54, 1.807) is 0 Å². The van der Waals surface area contributed by atoms with E-state index in [1.165, 1.54) is 6.92 Å². The summed E-state index contributed by atoms with van der Waals surface area (Å²) in [6.45, 7) is 1.50. The SMILES string of the molecule is C[C@H]1C(=O)C(C(=O)O)CCN1C(=O)O. The van der Waals surface area contributed by atoms with Gasteiger partial charge in [-0.05, 0) is 13.3 Å². The van der Waals surface area contributed by atoms with Crippen LogP contribution in [0.5, 0.6) is 0 Å². The van der Waals surface area contributed by atoms with Gasteiger partial charge in [0, 0.05) is 6.54 Å². The van der Waals surface area contributed by atoms with Crippen LogP contribution in [-0.4, -0.2) is 45.5 Å². The van der Waals surface area contributed by atoms with Gasteiger partial charge in [-0.1, -0.05) is 0 Å². The molecule has 78 valence electrons. The van der Waals surface area contributed by atoms with E-state index in [1.807, 2.05) is 0 Å². The number of aliphatic carboxylic acids is 1. The molecule has 1 aliphatic rings. The quantitative estimate of drug-likeness (QED) is 0.583. The van der Waals surface area contributed by atoms with Gasteiger partial charge in [-0.3, -0.25) is 14.5 Å². The minimum Gasteiger partial charge on any atom is -0.481 e. The number of carboxylic acids is 1. The Morgan fingerprint density at radius 3 is 2.43 bits per heavy atom. The molecule has 1 heterocycles. The largest absolute Gasteiger partial charge is 0.481 e. The average Bonchev–Trinajstić information content (AvgIpc) is 2.08. The van der Waals surface area contributed by atoms with Gasteiger partial charge in [0.2, 0.25) is 0 Å². The molecule has 1 fully saturated rings. The lowest BCUT2D eigenvalue weighted by molar-refractivity contribution is -0.150. The summed E-state index contributed by atoms with van der Waals surface area (Å²) < 4.78 is 0. The number of piperidine rings is 1. The zero-order valence-corrected chi connectivity index (χ0v) is 7.64. The Hall–Kier alpha value is -1.59. The standard InChI is InChI=1S/C8H11NO5/c1-4-6(10)5(7(11)12)2-3-9(4)8(13)14/h4-5H,2-3H2,1H3,(H,11,12)(H,13,14)/t4-,5?/m0/s1. The zero-order chi connectivity index (χ0) is 10.9. The lowest BCUT2D eigenvalue weighted by Crippen LogP contribution is -2.52. The van der Waals surface area contributed by atoms with E-state index in [4.69, 9.17) is 10.2 Å². The van der Waals surface area contributed by atoms with Gasteiger partial charge in [0.1, 0.15) is 5.92 Å². The van der Waals surface area contributed by atoms with Crippen molar-refractivity contribution in [2.45, 2.75) is 19.4 Å². The lowest BCUT2D eigenvalue weighted by Gasteiger charge is -2.32. The number of likely N-dealkylation sites (tertiary alicyclic amines) is 1. The van der Waals surface area contributed by atoms with Gasteiger partial charge < -0.3 is 10.2 Å². The molecular formula is C8H11NO5. The highest BCUT2D eigenvalue weighted by Gasteiger charge is 2.39. The van der Waals surface area contributed by atoms with Crippen LogP contribution in [0.1, 0.15) is 13.3 Å². The normalized spacial score (nSPS) is 27.5. The summed E-state index contributed by atoms with van der Waals surface area (Å²) in [6, 6.07) is -0.859. The number of carbonyl (C=O) groups is 3. The molecule has 0 saturated carbocycles. The zero-order valence-electron chi connectivity index (χ0n) is 7.64. The van der Waals surface area contributed by atoms with Crippen LogP contribution in [0.3, 0.4) is 0 Å². The smallest absolute Gasteiger partial charge is 0.407 e. The second-order valence-corrected chi connectivity index (χ2v) is 3.23. The average molecular weight is 201 g/mol. The van der Waals surface area contributed by atoms with Crippen LogP contribution in [-0.2, 0) is 9.59 Å². The van der Waals surface area contributed by atoms with E-state index in [-0.39, 0.29) is 13.0 Å². The maximum Gasteiger partial charge on any atom is 0.407 e. The number of carbonyl (C=O) groups excluding carboxylic acids is 1. The molecule has 0 spiro atoms. The number of hydrogen-bond donors (Lipinski definition) is 2. The predicted molar refractivity (Wildman–Crippen MR) is 44.9 cm³/mol. The molecule has 1 amide bonds. The van der Waals surface area contributed by atoms with E-state index < -0.39 is 29.8 Å². The molecule has 1 unspecified atom stereocenters. The van der Waals surface area contributed by atoms with Gasteiger partial charge in [-0.2, -0.15) is 0 Å². The molecule has 0 aromatic carbocycles. The van der Waals surface area contributed by atoms with Crippen molar-refractivity contribution >= 4 is 17.8 Å². The van der Waals surface area contributed by atoms with Gasteiger partial charge in [-0.15, -0.1) is 0 Å². The van der Waals surface area contributed by atoms with Gasteiger partial charge in [0.15, 0.2) is 5.78 Å². The second kappa shape index (κ2) is 3.65. The van der Waals surface area contributed by atoms with Crippen LogP contribution < -0.4 is 0 Å². The third-order valence-electron chi connectivity index (χ3n) is 2.43. The minimum atomic E-state index is -1.19. The molecule has 14 heavy (non-hydrogen) atoms. The van der Waals surface area contributed by atoms with Crippen LogP contribution in [0, 0.1) is 5.92 Å². The van der Waals surface area contributed by atoms with Gasteiger partial charge in [0.05, 0.1) is 6.04 Å². The highest BCUT2D eigenvalue weighted by atomic mass is 16.4. The summed E-state index contributed by atoms with van der Waals surface area (Å²) in [6.07, 6.45) is -1.13. The van der Waals surface area contributed by atoms with Crippen molar-refractivity contribution in [1.29, 1.82) is 0 Å². The highest BCUT2D eigenvalue weighted by molar-refractivity contribution is 6.02. The molecule has 0 aliphatic carbocycles. The fourth-order valence-electron chi connectivity index (χ4n) is 1.56. The highest BCUT2D eigenvalue weighted by Crippen LogP contribution is 2.19. The lowest BCUT2D eigenvalue weighted by atomic mass is 9.90. The fourth-order valence-corrected chi connectivity index (χ4v) is 1.56. The predicted octanol–water partition coefficient (Wildman–Crippen LogP) is 0.0285. The first kappa shape index (κ1) is 10.5. The Bertz CT molecular complexity index is 287. The van der Waals surface area contributed by atoms with Crippen LogP contribution in [0.4, 0.5) is 4.79 Å². The maximum atomic E-state index is 11.4. The Balaban J connectivity index is 2.79. The molecule has 0 aromatic heterocycles. The van der Waals surface area contributed by atoms with Crippen LogP contribution in [0.2, 0.25) is 0 Å². The first-order valence-electron chi connectivity index (χ1n) is 4.21. The van der Waals surface area contributed by atoms with Crippen molar-refractivity contribution in [1.82, 2.24) is 4.90 Å². The number of Topliss-reactive ketones (excluding diaryl/α,β-unsaturated/α-hetero) is 1. The van der Waals surface area contributed by atoms with Crippen molar-refractivity contribution in [3.8, 4) is 0 Å². The fraction of sp³-hybridized carbons (Fsp3) is 0.625. The molecular weight excluding hydrogens is 190 g/mol. The third-order valence-corrected chi connectivity index (χ3v) is 2.43. The van der Waals surface area contributed by atoms with Crippen LogP contribution in [0.15, 0.2) is 0 Å². The summed E-state index contributed by atoms with van der Waals surface area (Å²) in [7, 11) is 0. The molecule has 1 aliphatic heterocycles. The first-order chi connectivity index (χ1) is 6.45. The number of amides is 1. The van der Waals surface area contributed by atoms with Crippen LogP contribution >= 0.6 is 0 Å². The van der Waals surface area contributed by atoms with Gasteiger partial charge in [0.25, 0.3) is 0 Å². The molecule has 1 rings (SSSR count). The maximum absolute atomic E-state index is 11.4. The van der Waals surface area contributed by atoms with E-state index in [0.29, 0.717) is 0 Å². The van der Waals surface area contributed by atoms with E-state index in [2.05, 4.69) is 0 Å². The van der Waals surface area contributed by atoms with Gasteiger partial charge >= 0.3 is 12.1 Å². The van der Waals surface area contributed by atoms with Crippen molar-refractivity contribution in [2.75, 3.05) is 6.54 Å². The van der Waals surface area contributed by atoms with E-state index >= 15 is 0 Å². The Labute approximate surface area is 80.1 Å². The van der Waals surface area contributed by atoms with Gasteiger partial charge in [-0.25, -0.2) is 4.79 Å². The summed E-state index contributed by atoms with van der Waals surface area (Å²) in [5, 5.41) is 17.3. The van der Waals surface area contributed by atoms with Crippen molar-refractivity contribution in [2.24, 2.45) is 5.92 Å². The monoisotopic (exact) mass is 201 g/mol. The number of carboxylic acid groups (broad SMARTS) is 2. The van der Waals surface area contributed by atoms with Crippen molar-refractivity contribution in [3.63, 3.8) is 0 Å². The van der Waals surface area contributed by atoms with Crippen LogP contribution in [0.25, 0.3) is 0 Å². The second-order valence-electron chi connectivity index (χ2n) is 3.23. The van der Waals surface area contributed by atoms with E-state index in [9.17, 15) is 14.4 Å². The van der Waals surface area contributed by atoms with Crippen molar-refractivity contribution < 1.29 is 24.6 Å². The van der Waals surface area contributed by atoms with E-state index in [0.717, 1.165) is 4.90 Å². The summed E-state index contributed by atoms with van der Waals surface area (Å²) in [5.41, 5.74) is 0. The molecule has 2 atom stereocenters. The summed E-state index contributed by atoms with van der Waals surface area (Å²) in [4.78, 5) is 33.6. The molecule has 0 bridgehead atoms. The molecule has 1 saturated heterocycles. The number of hydrogen-bond acceptors (Lipinski definition) is 3. The number of rotatable bonds is 1. The molecule has 6 nitrogen and oxygen atoms in total. The molecule has 0 aromatic rings. The Morgan fingerprint density at radius 2 is 2.00 bits per heavy atom. The topological polar surface area (TPSA) is 94.9 Å². The molecule has 2 N–H and O–H groups in total. The number of ketones is 1. The van der Waals surface area contributed by atoms with Crippen molar-refractivity contribution in [3.05, 3.63) is 0 Å². The third kappa shape index (κ3) is 1.68. The summed E-state index contributed by atoms with van der Waals surface area (Å²) in [5.74, 6) is -2.77. The molecule has 6 heteroatoms. The first-order valence-corrected chi connectivity index (χ1v) is 4.21. The molecule has 0 radical (unpaired) electrons. The summed E-state index contributed by atoms with van der Waals surface area (Å²) >= 11 is 0. The number of nitrogens with zero attached hydrogens (tertiary/aromatic N) is 1. The Kier molecular flexibility index (Phi) is 2.73. The Morgan fingerprint density at radius 1 is 1.43 bits per heavy atom.